The van der Waals surface area contributed by atoms with Gasteiger partial charge in [-0.2, -0.15) is 0 Å². The number of aryl methyl sites for hydroxylation is 3. The Labute approximate surface area is 231 Å². The maximum Gasteiger partial charge on any atom is 0.241 e. The van der Waals surface area contributed by atoms with E-state index in [1.54, 1.807) is 24.3 Å². The maximum absolute atomic E-state index is 13.3. The van der Waals surface area contributed by atoms with Crippen LogP contribution in [0.15, 0.2) is 71.6 Å². The zero-order valence-electron chi connectivity index (χ0n) is 22.6. The molecule has 3 aromatic carbocycles. The summed E-state index contributed by atoms with van der Waals surface area (Å²) in [7, 11) is -3.85. The zero-order valence-corrected chi connectivity index (χ0v) is 23.4. The molecule has 1 heterocycles. The van der Waals surface area contributed by atoms with Crippen molar-refractivity contribution in [3.05, 3.63) is 94.5 Å². The first kappa shape index (κ1) is 27.5. The predicted molar refractivity (Wildman–Crippen MR) is 153 cm³/mol. The summed E-state index contributed by atoms with van der Waals surface area (Å²) < 4.78 is 29.1. The molecule has 0 radical (unpaired) electrons. The van der Waals surface area contributed by atoms with Gasteiger partial charge in [0.1, 0.15) is 0 Å². The molecule has 1 aliphatic heterocycles. The molecule has 1 saturated heterocycles. The molecule has 206 valence electrons. The molecular weight excluding hydrogens is 510 g/mol. The highest BCUT2D eigenvalue weighted by molar-refractivity contribution is 7.89. The highest BCUT2D eigenvalue weighted by Gasteiger charge is 2.34. The van der Waals surface area contributed by atoms with Crippen molar-refractivity contribution >= 4 is 21.6 Å². The Morgan fingerprint density at radius 1 is 1.00 bits per heavy atom. The van der Waals surface area contributed by atoms with Crippen molar-refractivity contribution in [2.24, 2.45) is 0 Å². The Morgan fingerprint density at radius 2 is 1.72 bits per heavy atom. The van der Waals surface area contributed by atoms with E-state index in [0.717, 1.165) is 43.5 Å². The van der Waals surface area contributed by atoms with E-state index in [1.807, 2.05) is 25.1 Å². The third-order valence-electron chi connectivity index (χ3n) is 7.94. The van der Waals surface area contributed by atoms with Crippen LogP contribution >= 0.6 is 0 Å². The Balaban J connectivity index is 1.32. The summed E-state index contributed by atoms with van der Waals surface area (Å²) in [4.78, 5) is 15.7. The number of likely N-dealkylation sites (tertiary alicyclic amines) is 1. The van der Waals surface area contributed by atoms with Gasteiger partial charge in [-0.1, -0.05) is 55.0 Å². The van der Waals surface area contributed by atoms with E-state index in [9.17, 15) is 18.3 Å². The topological polar surface area (TPSA) is 98.7 Å². The third-order valence-corrected chi connectivity index (χ3v) is 9.40. The average molecular weight is 548 g/mol. The van der Waals surface area contributed by atoms with Crippen molar-refractivity contribution in [3.8, 4) is 0 Å². The van der Waals surface area contributed by atoms with E-state index in [1.165, 1.54) is 11.1 Å². The standard InChI is InChI=1S/C31H37N3O4S/c1-3-22-10-15-26(16-11-22)39(37,38)33-30-27-19-25(14-12-24(27)13-17-29(30)35)32-31(36)28-5-4-18-34(28)20-23-8-6-21(2)7-9-23/h6-12,14-16,19,28-30,33,35H,3-5,13,17-18,20H2,1-2H3,(H,32,36)/t28-,29-,30-/m1/s1. The molecule has 1 aliphatic carbocycles. The summed E-state index contributed by atoms with van der Waals surface area (Å²) in [6, 6.07) is 19.8. The average Bonchev–Trinajstić information content (AvgIpc) is 3.40. The molecule has 0 spiro atoms. The molecule has 0 aromatic heterocycles. The molecule has 0 saturated carbocycles. The van der Waals surface area contributed by atoms with Gasteiger partial charge in [0.05, 0.1) is 23.1 Å². The Morgan fingerprint density at radius 3 is 2.44 bits per heavy atom. The number of carbonyl (C=O) groups excluding carboxylic acids is 1. The lowest BCUT2D eigenvalue weighted by molar-refractivity contribution is -0.120. The number of sulfonamides is 1. The number of aliphatic hydroxyl groups excluding tert-OH is 1. The fraction of sp³-hybridized carbons (Fsp3) is 0.387. The van der Waals surface area contributed by atoms with E-state index in [0.29, 0.717) is 24.1 Å². The summed E-state index contributed by atoms with van der Waals surface area (Å²) in [5.74, 6) is -0.0657. The normalized spacial score (nSPS) is 21.5. The molecule has 1 fully saturated rings. The minimum atomic E-state index is -3.85. The van der Waals surface area contributed by atoms with E-state index in [2.05, 4.69) is 46.1 Å². The van der Waals surface area contributed by atoms with Gasteiger partial charge in [0.25, 0.3) is 0 Å². The molecule has 7 nitrogen and oxygen atoms in total. The Hall–Kier alpha value is -3.04. The smallest absolute Gasteiger partial charge is 0.241 e. The van der Waals surface area contributed by atoms with Crippen LogP contribution in [0.3, 0.4) is 0 Å². The summed E-state index contributed by atoms with van der Waals surface area (Å²) in [5.41, 5.74) is 5.71. The first-order valence-electron chi connectivity index (χ1n) is 13.8. The molecule has 2 aliphatic rings. The van der Waals surface area contributed by atoms with Gasteiger partial charge in [0, 0.05) is 12.2 Å². The minimum Gasteiger partial charge on any atom is -0.391 e. The number of hydrogen-bond donors (Lipinski definition) is 3. The molecule has 1 amide bonds. The molecule has 8 heteroatoms. The second-order valence-corrected chi connectivity index (χ2v) is 12.4. The quantitative estimate of drug-likeness (QED) is 0.386. The molecule has 3 aromatic rings. The lowest BCUT2D eigenvalue weighted by atomic mass is 9.86. The number of carbonyl (C=O) groups is 1. The van der Waals surface area contributed by atoms with E-state index in [-0.39, 0.29) is 16.8 Å². The highest BCUT2D eigenvalue weighted by atomic mass is 32.2. The minimum absolute atomic E-state index is 0.0657. The van der Waals surface area contributed by atoms with Crippen LogP contribution in [-0.2, 0) is 34.2 Å². The van der Waals surface area contributed by atoms with Crippen LogP contribution in [-0.4, -0.2) is 43.0 Å². The van der Waals surface area contributed by atoms with Gasteiger partial charge in [0.15, 0.2) is 0 Å². The molecule has 0 bridgehead atoms. The first-order valence-corrected chi connectivity index (χ1v) is 15.2. The SMILES string of the molecule is CCc1ccc(S(=O)(=O)N[C@@H]2c3cc(NC(=O)[C@H]4CCCN4Cc4ccc(C)cc4)ccc3CC[C@H]2O)cc1. The van der Waals surface area contributed by atoms with Gasteiger partial charge in [-0.3, -0.25) is 9.69 Å². The molecule has 39 heavy (non-hydrogen) atoms. The number of amides is 1. The van der Waals surface area contributed by atoms with Crippen LogP contribution in [0.2, 0.25) is 0 Å². The first-order chi connectivity index (χ1) is 18.7. The lowest BCUT2D eigenvalue weighted by Gasteiger charge is -2.31. The molecule has 5 rings (SSSR count). The van der Waals surface area contributed by atoms with Crippen molar-refractivity contribution in [1.29, 1.82) is 0 Å². The van der Waals surface area contributed by atoms with E-state index >= 15 is 0 Å². The number of anilines is 1. The number of fused-ring (bicyclic) bond motifs is 1. The van der Waals surface area contributed by atoms with Gasteiger partial charge < -0.3 is 10.4 Å². The van der Waals surface area contributed by atoms with Crippen molar-refractivity contribution in [2.75, 3.05) is 11.9 Å². The van der Waals surface area contributed by atoms with Crippen molar-refractivity contribution in [3.63, 3.8) is 0 Å². The second kappa shape index (κ2) is 11.6. The predicted octanol–water partition coefficient (Wildman–Crippen LogP) is 4.49. The fourth-order valence-electron chi connectivity index (χ4n) is 5.61. The number of benzene rings is 3. The number of aliphatic hydroxyl groups is 1. The van der Waals surface area contributed by atoms with Crippen LogP contribution in [0.25, 0.3) is 0 Å². The van der Waals surface area contributed by atoms with Crippen LogP contribution in [0.4, 0.5) is 5.69 Å². The fourth-order valence-corrected chi connectivity index (χ4v) is 6.86. The van der Waals surface area contributed by atoms with Gasteiger partial charge in [0.2, 0.25) is 15.9 Å². The second-order valence-electron chi connectivity index (χ2n) is 10.7. The van der Waals surface area contributed by atoms with Crippen molar-refractivity contribution in [1.82, 2.24) is 9.62 Å². The number of nitrogens with zero attached hydrogens (tertiary/aromatic N) is 1. The highest BCUT2D eigenvalue weighted by Crippen LogP contribution is 2.34. The van der Waals surface area contributed by atoms with Crippen LogP contribution in [0.1, 0.15) is 60.0 Å². The molecular formula is C31H37N3O4S. The van der Waals surface area contributed by atoms with Crippen LogP contribution < -0.4 is 10.0 Å². The zero-order chi connectivity index (χ0) is 27.6. The summed E-state index contributed by atoms with van der Waals surface area (Å²) in [6.07, 6.45) is 2.80. The summed E-state index contributed by atoms with van der Waals surface area (Å²) in [5, 5.41) is 13.9. The molecule has 3 atom stereocenters. The van der Waals surface area contributed by atoms with Gasteiger partial charge in [-0.15, -0.1) is 0 Å². The molecule has 0 unspecified atom stereocenters. The van der Waals surface area contributed by atoms with Crippen molar-refractivity contribution in [2.45, 2.75) is 75.6 Å². The number of nitrogens with one attached hydrogen (secondary N) is 2. The Kier molecular flexibility index (Phi) is 8.19. The van der Waals surface area contributed by atoms with Crippen molar-refractivity contribution < 1.29 is 18.3 Å². The van der Waals surface area contributed by atoms with E-state index in [4.69, 9.17) is 0 Å². The Bertz CT molecular complexity index is 1420. The maximum atomic E-state index is 13.3. The van der Waals surface area contributed by atoms with Gasteiger partial charge in [-0.05, 0) is 92.1 Å². The third kappa shape index (κ3) is 6.25. The largest absolute Gasteiger partial charge is 0.391 e. The van der Waals surface area contributed by atoms with Crippen LogP contribution in [0.5, 0.6) is 0 Å². The monoisotopic (exact) mass is 547 g/mol. The molecule has 3 N–H and O–H groups in total. The van der Waals surface area contributed by atoms with Gasteiger partial charge >= 0.3 is 0 Å². The summed E-state index contributed by atoms with van der Waals surface area (Å²) >= 11 is 0. The van der Waals surface area contributed by atoms with E-state index < -0.39 is 22.2 Å². The summed E-state index contributed by atoms with van der Waals surface area (Å²) in [6.45, 7) is 5.66. The number of rotatable bonds is 8. The lowest BCUT2D eigenvalue weighted by Crippen LogP contribution is -2.40. The van der Waals surface area contributed by atoms with Gasteiger partial charge in [-0.25, -0.2) is 13.1 Å². The van der Waals surface area contributed by atoms with Crippen LogP contribution in [0, 0.1) is 6.92 Å². The number of hydrogen-bond acceptors (Lipinski definition) is 5.